The third kappa shape index (κ3) is 4.04. The van der Waals surface area contributed by atoms with E-state index in [0.29, 0.717) is 13.2 Å². The zero-order chi connectivity index (χ0) is 13.4. The molecule has 0 radical (unpaired) electrons. The van der Waals surface area contributed by atoms with Crippen LogP contribution in [-0.4, -0.2) is 44.7 Å². The van der Waals surface area contributed by atoms with E-state index in [-0.39, 0.29) is 5.91 Å². The molecule has 0 fully saturated rings. The molecule has 1 amide bonds. The summed E-state index contributed by atoms with van der Waals surface area (Å²) in [5, 5.41) is 3.21. The smallest absolute Gasteiger partial charge is 0.255 e. The highest BCUT2D eigenvalue weighted by molar-refractivity contribution is 5.99. The standard InChI is InChI=1S/C14H22N2O2/c1-4-15-13-9-6-5-8-12(13)14(17)16(2)10-7-11-18-3/h5-6,8-9,15H,4,7,10-11H2,1-3H3. The van der Waals surface area contributed by atoms with Crippen molar-refractivity contribution in [3.05, 3.63) is 29.8 Å². The van der Waals surface area contributed by atoms with Crippen LogP contribution in [0.5, 0.6) is 0 Å². The van der Waals surface area contributed by atoms with Crippen molar-refractivity contribution in [3.63, 3.8) is 0 Å². The minimum Gasteiger partial charge on any atom is -0.385 e. The molecule has 0 aliphatic heterocycles. The lowest BCUT2D eigenvalue weighted by Crippen LogP contribution is -2.29. The molecule has 0 spiro atoms. The van der Waals surface area contributed by atoms with Crippen LogP contribution in [0.3, 0.4) is 0 Å². The average Bonchev–Trinajstić information content (AvgIpc) is 2.39. The van der Waals surface area contributed by atoms with E-state index in [9.17, 15) is 4.79 Å². The lowest BCUT2D eigenvalue weighted by Gasteiger charge is -2.19. The molecule has 0 unspecified atom stereocenters. The maximum absolute atomic E-state index is 12.3. The molecule has 4 nitrogen and oxygen atoms in total. The number of anilines is 1. The molecule has 100 valence electrons. The van der Waals surface area contributed by atoms with Gasteiger partial charge in [-0.25, -0.2) is 0 Å². The number of carbonyl (C=O) groups excluding carboxylic acids is 1. The van der Waals surface area contributed by atoms with Crippen LogP contribution in [0.1, 0.15) is 23.7 Å². The number of para-hydroxylation sites is 1. The van der Waals surface area contributed by atoms with Crippen LogP contribution >= 0.6 is 0 Å². The quantitative estimate of drug-likeness (QED) is 0.754. The van der Waals surface area contributed by atoms with Crippen molar-refractivity contribution in [3.8, 4) is 0 Å². The Morgan fingerprint density at radius 2 is 2.11 bits per heavy atom. The fourth-order valence-corrected chi connectivity index (χ4v) is 1.77. The zero-order valence-corrected chi connectivity index (χ0v) is 11.4. The normalized spacial score (nSPS) is 10.2. The third-order valence-corrected chi connectivity index (χ3v) is 2.71. The number of nitrogens with one attached hydrogen (secondary N) is 1. The first-order valence-corrected chi connectivity index (χ1v) is 6.28. The van der Waals surface area contributed by atoms with Gasteiger partial charge in [0.05, 0.1) is 5.56 Å². The van der Waals surface area contributed by atoms with Gasteiger partial charge in [-0.3, -0.25) is 4.79 Å². The summed E-state index contributed by atoms with van der Waals surface area (Å²) < 4.78 is 4.99. The molecule has 0 aliphatic rings. The van der Waals surface area contributed by atoms with Gasteiger partial charge in [0.25, 0.3) is 5.91 Å². The van der Waals surface area contributed by atoms with Crippen LogP contribution in [0, 0.1) is 0 Å². The van der Waals surface area contributed by atoms with Crippen molar-refractivity contribution < 1.29 is 9.53 Å². The summed E-state index contributed by atoms with van der Waals surface area (Å²) >= 11 is 0. The van der Waals surface area contributed by atoms with E-state index >= 15 is 0 Å². The van der Waals surface area contributed by atoms with Crippen LogP contribution in [0.15, 0.2) is 24.3 Å². The Balaban J connectivity index is 2.70. The van der Waals surface area contributed by atoms with Gasteiger partial charge in [0, 0.05) is 39.5 Å². The number of hydrogen-bond donors (Lipinski definition) is 1. The van der Waals surface area contributed by atoms with Gasteiger partial charge in [0.1, 0.15) is 0 Å². The molecule has 4 heteroatoms. The minimum atomic E-state index is 0.0441. The second kappa shape index (κ2) is 7.71. The molecule has 0 atom stereocenters. The van der Waals surface area contributed by atoms with E-state index in [0.717, 1.165) is 24.2 Å². The van der Waals surface area contributed by atoms with Gasteiger partial charge in [-0.2, -0.15) is 0 Å². The Kier molecular flexibility index (Phi) is 6.22. The number of nitrogens with zero attached hydrogens (tertiary/aromatic N) is 1. The van der Waals surface area contributed by atoms with E-state index in [1.165, 1.54) is 0 Å². The second-order valence-electron chi connectivity index (χ2n) is 4.15. The molecule has 18 heavy (non-hydrogen) atoms. The summed E-state index contributed by atoms with van der Waals surface area (Å²) in [6, 6.07) is 7.60. The third-order valence-electron chi connectivity index (χ3n) is 2.71. The number of rotatable bonds is 7. The number of hydrogen-bond acceptors (Lipinski definition) is 3. The summed E-state index contributed by atoms with van der Waals surface area (Å²) in [6.07, 6.45) is 0.849. The Labute approximate surface area is 109 Å². The first-order chi connectivity index (χ1) is 8.70. The van der Waals surface area contributed by atoms with Crippen LogP contribution in [-0.2, 0) is 4.74 Å². The van der Waals surface area contributed by atoms with Gasteiger partial charge in [-0.1, -0.05) is 12.1 Å². The molecule has 0 aliphatic carbocycles. The summed E-state index contributed by atoms with van der Waals surface area (Å²) in [5.74, 6) is 0.0441. The monoisotopic (exact) mass is 250 g/mol. The first kappa shape index (κ1) is 14.5. The molecule has 1 N–H and O–H groups in total. The summed E-state index contributed by atoms with van der Waals surface area (Å²) in [4.78, 5) is 14.0. The van der Waals surface area contributed by atoms with Gasteiger partial charge in [-0.05, 0) is 25.5 Å². The molecule has 0 bridgehead atoms. The lowest BCUT2D eigenvalue weighted by atomic mass is 10.1. The maximum Gasteiger partial charge on any atom is 0.255 e. The number of carbonyl (C=O) groups is 1. The van der Waals surface area contributed by atoms with E-state index in [2.05, 4.69) is 5.32 Å². The average molecular weight is 250 g/mol. The fourth-order valence-electron chi connectivity index (χ4n) is 1.77. The van der Waals surface area contributed by atoms with Crippen molar-refractivity contribution in [2.45, 2.75) is 13.3 Å². The zero-order valence-electron chi connectivity index (χ0n) is 11.4. The van der Waals surface area contributed by atoms with Crippen molar-refractivity contribution >= 4 is 11.6 Å². The highest BCUT2D eigenvalue weighted by Gasteiger charge is 2.14. The van der Waals surface area contributed by atoms with E-state index in [4.69, 9.17) is 4.74 Å². The highest BCUT2D eigenvalue weighted by atomic mass is 16.5. The number of ether oxygens (including phenoxy) is 1. The van der Waals surface area contributed by atoms with Crippen LogP contribution in [0.4, 0.5) is 5.69 Å². The number of amides is 1. The molecule has 1 aromatic rings. The van der Waals surface area contributed by atoms with Gasteiger partial charge in [0.15, 0.2) is 0 Å². The molecule has 0 heterocycles. The maximum atomic E-state index is 12.3. The number of benzene rings is 1. The predicted octanol–water partition coefficient (Wildman–Crippen LogP) is 2.23. The molecule has 0 saturated heterocycles. The van der Waals surface area contributed by atoms with E-state index in [1.807, 2.05) is 38.2 Å². The van der Waals surface area contributed by atoms with Crippen molar-refractivity contribution in [2.24, 2.45) is 0 Å². The summed E-state index contributed by atoms with van der Waals surface area (Å²) in [5.41, 5.74) is 1.61. The summed E-state index contributed by atoms with van der Waals surface area (Å²) in [7, 11) is 3.49. The molecule has 1 rings (SSSR count). The minimum absolute atomic E-state index is 0.0441. The van der Waals surface area contributed by atoms with Gasteiger partial charge < -0.3 is 15.0 Å². The lowest BCUT2D eigenvalue weighted by molar-refractivity contribution is 0.0780. The topological polar surface area (TPSA) is 41.6 Å². The van der Waals surface area contributed by atoms with Crippen LogP contribution in [0.25, 0.3) is 0 Å². The van der Waals surface area contributed by atoms with E-state index in [1.54, 1.807) is 12.0 Å². The Bertz CT molecular complexity index is 380. The Hall–Kier alpha value is -1.55. The van der Waals surface area contributed by atoms with Crippen molar-refractivity contribution in [1.29, 1.82) is 0 Å². The predicted molar refractivity (Wildman–Crippen MR) is 74.1 cm³/mol. The van der Waals surface area contributed by atoms with Crippen molar-refractivity contribution in [2.75, 3.05) is 39.2 Å². The fraction of sp³-hybridized carbons (Fsp3) is 0.500. The van der Waals surface area contributed by atoms with Crippen molar-refractivity contribution in [1.82, 2.24) is 4.90 Å². The molecular weight excluding hydrogens is 228 g/mol. The van der Waals surface area contributed by atoms with Gasteiger partial charge in [0.2, 0.25) is 0 Å². The van der Waals surface area contributed by atoms with Crippen LogP contribution in [0.2, 0.25) is 0 Å². The molecule has 0 saturated carbocycles. The Morgan fingerprint density at radius 3 is 2.78 bits per heavy atom. The van der Waals surface area contributed by atoms with Gasteiger partial charge >= 0.3 is 0 Å². The SMILES string of the molecule is CCNc1ccccc1C(=O)N(C)CCCOC. The number of methoxy groups -OCH3 is 1. The second-order valence-corrected chi connectivity index (χ2v) is 4.15. The molecule has 0 aromatic heterocycles. The molecule has 1 aromatic carbocycles. The van der Waals surface area contributed by atoms with E-state index < -0.39 is 0 Å². The highest BCUT2D eigenvalue weighted by Crippen LogP contribution is 2.16. The van der Waals surface area contributed by atoms with Gasteiger partial charge in [-0.15, -0.1) is 0 Å². The molecular formula is C14H22N2O2. The summed E-state index contributed by atoms with van der Waals surface area (Å²) in [6.45, 7) is 4.20. The Morgan fingerprint density at radius 1 is 1.39 bits per heavy atom. The largest absolute Gasteiger partial charge is 0.385 e. The first-order valence-electron chi connectivity index (χ1n) is 6.28. The van der Waals surface area contributed by atoms with Crippen LogP contribution < -0.4 is 5.32 Å².